The number of ether oxygens (including phenoxy) is 7. The fourth-order valence-electron chi connectivity index (χ4n) is 3.62. The minimum Gasteiger partial charge on any atom is -0.497 e. The number of fused-ring (bicyclic) bond motifs is 3. The van der Waals surface area contributed by atoms with Gasteiger partial charge in [0.05, 0.1) is 7.11 Å². The first-order valence-electron chi connectivity index (χ1n) is 8.90. The average Bonchev–Trinajstić information content (AvgIpc) is 3.08. The molecular formula is C19H24O8. The molecule has 1 aromatic carbocycles. The molecule has 148 valence electrons. The molecule has 3 heterocycles. The summed E-state index contributed by atoms with van der Waals surface area (Å²) in [7, 11) is 1.57. The summed E-state index contributed by atoms with van der Waals surface area (Å²) < 4.78 is 40.1. The van der Waals surface area contributed by atoms with Crippen molar-refractivity contribution in [2.75, 3.05) is 7.11 Å². The zero-order chi connectivity index (χ0) is 19.4. The Morgan fingerprint density at radius 1 is 0.852 bits per heavy atom. The predicted octanol–water partition coefficient (Wildman–Crippen LogP) is 2.00. The third-order valence-electron chi connectivity index (χ3n) is 4.66. The molecule has 0 amide bonds. The van der Waals surface area contributed by atoms with E-state index in [-0.39, 0.29) is 0 Å². The highest BCUT2D eigenvalue weighted by Crippen LogP contribution is 2.44. The van der Waals surface area contributed by atoms with E-state index in [9.17, 15) is 4.79 Å². The largest absolute Gasteiger partial charge is 0.497 e. The molecule has 27 heavy (non-hydrogen) atoms. The number of methoxy groups -OCH3 is 1. The van der Waals surface area contributed by atoms with Crippen LogP contribution < -0.4 is 9.47 Å². The summed E-state index contributed by atoms with van der Waals surface area (Å²) >= 11 is 0. The number of hydrogen-bond donors (Lipinski definition) is 0. The highest BCUT2D eigenvalue weighted by molar-refractivity contribution is 5.78. The summed E-state index contributed by atoms with van der Waals surface area (Å²) in [6.45, 7) is 7.14. The van der Waals surface area contributed by atoms with E-state index in [1.807, 2.05) is 0 Å². The van der Waals surface area contributed by atoms with Crippen molar-refractivity contribution >= 4 is 5.97 Å². The SMILES string of the molecule is COc1ccc(OC(=O)C2OC3OC(C)(C)OC3C3OC(C)(C)OC23)cc1. The molecule has 3 fully saturated rings. The lowest BCUT2D eigenvalue weighted by atomic mass is 9.99. The van der Waals surface area contributed by atoms with E-state index < -0.39 is 48.2 Å². The first-order chi connectivity index (χ1) is 12.7. The molecule has 0 radical (unpaired) electrons. The van der Waals surface area contributed by atoms with Crippen molar-refractivity contribution in [2.24, 2.45) is 0 Å². The second kappa shape index (κ2) is 6.42. The fourth-order valence-corrected chi connectivity index (χ4v) is 3.62. The van der Waals surface area contributed by atoms with Gasteiger partial charge in [-0.05, 0) is 52.0 Å². The van der Waals surface area contributed by atoms with Gasteiger partial charge in [0, 0.05) is 0 Å². The van der Waals surface area contributed by atoms with Gasteiger partial charge in [-0.15, -0.1) is 0 Å². The maximum Gasteiger partial charge on any atom is 0.343 e. The molecule has 0 N–H and O–H groups in total. The third kappa shape index (κ3) is 3.55. The Hall–Kier alpha value is -1.71. The second-order valence-corrected chi connectivity index (χ2v) is 7.69. The standard InChI is InChI=1S/C19H24O8/c1-18(2)24-12-13(25-18)15-17(27-19(3,4)26-15)23-14(12)16(20)22-11-8-6-10(21-5)7-9-11/h6-9,12-15,17H,1-5H3. The summed E-state index contributed by atoms with van der Waals surface area (Å²) in [4.78, 5) is 12.8. The molecule has 3 saturated heterocycles. The fraction of sp³-hybridized carbons (Fsp3) is 0.632. The lowest BCUT2D eigenvalue weighted by Crippen LogP contribution is -2.58. The predicted molar refractivity (Wildman–Crippen MR) is 91.2 cm³/mol. The van der Waals surface area contributed by atoms with Crippen molar-refractivity contribution < 1.29 is 38.0 Å². The van der Waals surface area contributed by atoms with Gasteiger partial charge in [-0.3, -0.25) is 0 Å². The van der Waals surface area contributed by atoms with Gasteiger partial charge in [-0.25, -0.2) is 4.79 Å². The molecular weight excluding hydrogens is 356 g/mol. The number of carbonyl (C=O) groups excluding carboxylic acids is 1. The van der Waals surface area contributed by atoms with E-state index in [4.69, 9.17) is 33.2 Å². The highest BCUT2D eigenvalue weighted by atomic mass is 16.9. The molecule has 0 aliphatic carbocycles. The summed E-state index contributed by atoms with van der Waals surface area (Å²) in [6, 6.07) is 6.71. The van der Waals surface area contributed by atoms with Crippen LogP contribution in [0.4, 0.5) is 0 Å². The molecule has 0 spiro atoms. The lowest BCUT2D eigenvalue weighted by molar-refractivity contribution is -0.236. The number of esters is 1. The Labute approximate surface area is 157 Å². The van der Waals surface area contributed by atoms with Crippen LogP contribution in [0.1, 0.15) is 27.7 Å². The topological polar surface area (TPSA) is 81.7 Å². The first-order valence-corrected chi connectivity index (χ1v) is 8.90. The van der Waals surface area contributed by atoms with E-state index in [1.54, 1.807) is 59.1 Å². The Kier molecular flexibility index (Phi) is 4.44. The maximum atomic E-state index is 12.8. The Balaban J connectivity index is 1.55. The van der Waals surface area contributed by atoms with Gasteiger partial charge in [0.15, 0.2) is 24.0 Å². The quantitative estimate of drug-likeness (QED) is 0.582. The van der Waals surface area contributed by atoms with Crippen molar-refractivity contribution in [3.05, 3.63) is 24.3 Å². The molecule has 3 aliphatic rings. The van der Waals surface area contributed by atoms with Crippen LogP contribution in [0.25, 0.3) is 0 Å². The van der Waals surface area contributed by atoms with Crippen LogP contribution >= 0.6 is 0 Å². The van der Waals surface area contributed by atoms with E-state index >= 15 is 0 Å². The first kappa shape index (κ1) is 18.6. The minimum atomic E-state index is -1.00. The van der Waals surface area contributed by atoms with E-state index in [1.165, 1.54) is 0 Å². The van der Waals surface area contributed by atoms with Crippen molar-refractivity contribution in [3.8, 4) is 11.5 Å². The summed E-state index contributed by atoms with van der Waals surface area (Å²) in [5.41, 5.74) is 0. The molecule has 1 aromatic rings. The molecule has 5 unspecified atom stereocenters. The van der Waals surface area contributed by atoms with Gasteiger partial charge in [-0.2, -0.15) is 0 Å². The van der Waals surface area contributed by atoms with Crippen molar-refractivity contribution in [3.63, 3.8) is 0 Å². The zero-order valence-electron chi connectivity index (χ0n) is 16.0. The Morgan fingerprint density at radius 2 is 1.41 bits per heavy atom. The number of benzene rings is 1. The van der Waals surface area contributed by atoms with Gasteiger partial charge in [0.25, 0.3) is 0 Å². The van der Waals surface area contributed by atoms with Crippen LogP contribution in [0.3, 0.4) is 0 Å². The molecule has 8 nitrogen and oxygen atoms in total. The van der Waals surface area contributed by atoms with Gasteiger partial charge in [-0.1, -0.05) is 0 Å². The van der Waals surface area contributed by atoms with Crippen molar-refractivity contribution in [2.45, 2.75) is 70.0 Å². The van der Waals surface area contributed by atoms with Gasteiger partial charge in [0.2, 0.25) is 0 Å². The van der Waals surface area contributed by atoms with Crippen molar-refractivity contribution in [1.29, 1.82) is 0 Å². The molecule has 3 aliphatic heterocycles. The monoisotopic (exact) mass is 380 g/mol. The van der Waals surface area contributed by atoms with Gasteiger partial charge in [0.1, 0.15) is 29.8 Å². The van der Waals surface area contributed by atoms with Gasteiger partial charge >= 0.3 is 5.97 Å². The van der Waals surface area contributed by atoms with E-state index in [0.29, 0.717) is 11.5 Å². The summed E-state index contributed by atoms with van der Waals surface area (Å²) in [6.07, 6.45) is -3.40. The second-order valence-electron chi connectivity index (χ2n) is 7.69. The molecule has 8 heteroatoms. The van der Waals surface area contributed by atoms with Crippen LogP contribution in [0.5, 0.6) is 11.5 Å². The van der Waals surface area contributed by atoms with Crippen LogP contribution in [-0.2, 0) is 28.5 Å². The smallest absolute Gasteiger partial charge is 0.343 e. The molecule has 0 saturated carbocycles. The van der Waals surface area contributed by atoms with E-state index in [0.717, 1.165) is 0 Å². The highest BCUT2D eigenvalue weighted by Gasteiger charge is 2.62. The van der Waals surface area contributed by atoms with Crippen LogP contribution in [0.2, 0.25) is 0 Å². The zero-order valence-corrected chi connectivity index (χ0v) is 16.0. The lowest BCUT2D eigenvalue weighted by Gasteiger charge is -2.35. The van der Waals surface area contributed by atoms with Crippen LogP contribution in [-0.4, -0.2) is 55.4 Å². The number of carbonyl (C=O) groups is 1. The summed E-state index contributed by atoms with van der Waals surface area (Å²) in [5.74, 6) is -1.25. The molecule has 0 aromatic heterocycles. The average molecular weight is 380 g/mol. The Morgan fingerprint density at radius 3 is 2.07 bits per heavy atom. The number of hydrogen-bond acceptors (Lipinski definition) is 8. The molecule has 4 rings (SSSR count). The number of rotatable bonds is 3. The van der Waals surface area contributed by atoms with E-state index in [2.05, 4.69) is 0 Å². The molecule has 5 atom stereocenters. The van der Waals surface area contributed by atoms with Crippen LogP contribution in [0, 0.1) is 0 Å². The maximum absolute atomic E-state index is 12.8. The van der Waals surface area contributed by atoms with Crippen molar-refractivity contribution in [1.82, 2.24) is 0 Å². The Bertz CT molecular complexity index is 713. The molecule has 0 bridgehead atoms. The normalized spacial score (nSPS) is 36.0. The minimum absolute atomic E-state index is 0.380. The van der Waals surface area contributed by atoms with Crippen LogP contribution in [0.15, 0.2) is 24.3 Å². The summed E-state index contributed by atoms with van der Waals surface area (Å²) in [5, 5.41) is 0. The van der Waals surface area contributed by atoms with Gasteiger partial charge < -0.3 is 33.2 Å². The third-order valence-corrected chi connectivity index (χ3v) is 4.66.